The lowest BCUT2D eigenvalue weighted by atomic mass is 10.1. The molecule has 1 aliphatic rings. The first kappa shape index (κ1) is 29.8. The molecular weight excluding hydrogens is 484 g/mol. The third-order valence-corrected chi connectivity index (χ3v) is 6.27. The van der Waals surface area contributed by atoms with Crippen molar-refractivity contribution < 1.29 is 33.6 Å². The first-order chi connectivity index (χ1) is 16.6. The highest BCUT2D eigenvalue weighted by molar-refractivity contribution is 8.00. The maximum Gasteiger partial charge on any atom is 0.248 e. The molecule has 14 nitrogen and oxygen atoms in total. The molecule has 0 aliphatic heterocycles. The molecule has 0 saturated heterocycles. The zero-order valence-electron chi connectivity index (χ0n) is 19.1. The van der Waals surface area contributed by atoms with E-state index >= 15 is 0 Å². The number of carbonyl (C=O) groups is 7. The Labute approximate surface area is 205 Å². The molecule has 35 heavy (non-hydrogen) atoms. The van der Waals surface area contributed by atoms with Crippen LogP contribution in [0.15, 0.2) is 5.18 Å². The van der Waals surface area contributed by atoms with E-state index in [1.165, 1.54) is 0 Å². The third kappa shape index (κ3) is 12.2. The van der Waals surface area contributed by atoms with Crippen LogP contribution in [0.1, 0.15) is 32.1 Å². The van der Waals surface area contributed by atoms with Crippen LogP contribution in [0.25, 0.3) is 0 Å². The number of carbonyl (C=O) groups excluding carboxylic acids is 7. The van der Waals surface area contributed by atoms with Gasteiger partial charge in [0.15, 0.2) is 11.8 Å². The zero-order valence-corrected chi connectivity index (χ0v) is 19.9. The van der Waals surface area contributed by atoms with Crippen molar-refractivity contribution in [2.75, 3.05) is 31.9 Å². The van der Waals surface area contributed by atoms with E-state index in [0.29, 0.717) is 12.6 Å². The molecule has 0 bridgehead atoms. The van der Waals surface area contributed by atoms with E-state index in [-0.39, 0.29) is 69.2 Å². The summed E-state index contributed by atoms with van der Waals surface area (Å²) in [5.41, 5.74) is 4.88. The molecule has 0 aromatic heterocycles. The van der Waals surface area contributed by atoms with Crippen LogP contribution < -0.4 is 27.0 Å². The fraction of sp³-hybridized carbons (Fsp3) is 0.650. The quantitative estimate of drug-likeness (QED) is 0.0682. The summed E-state index contributed by atoms with van der Waals surface area (Å²) in [5, 5.41) is 11.7. The summed E-state index contributed by atoms with van der Waals surface area (Å²) >= 11 is 1.15. The van der Waals surface area contributed by atoms with Gasteiger partial charge in [-0.3, -0.25) is 24.0 Å². The summed E-state index contributed by atoms with van der Waals surface area (Å²) in [5.74, 6) is -1.91. The molecule has 0 heterocycles. The number of Topliss-reactive ketones (excluding diaryl/α,β-unsaturated/α-hetero) is 1. The van der Waals surface area contributed by atoms with Gasteiger partial charge in [-0.2, -0.15) is 0 Å². The number of aldehydes is 2. The van der Waals surface area contributed by atoms with Gasteiger partial charge in [0.05, 0.1) is 23.9 Å². The van der Waals surface area contributed by atoms with Gasteiger partial charge in [0.1, 0.15) is 12.6 Å². The van der Waals surface area contributed by atoms with Crippen molar-refractivity contribution in [2.24, 2.45) is 10.9 Å². The van der Waals surface area contributed by atoms with Crippen LogP contribution in [0.4, 0.5) is 0 Å². The fourth-order valence-corrected chi connectivity index (χ4v) is 3.82. The smallest absolute Gasteiger partial charge is 0.248 e. The second kappa shape index (κ2) is 15.7. The second-order valence-electron chi connectivity index (χ2n) is 7.85. The summed E-state index contributed by atoms with van der Waals surface area (Å²) in [6.45, 7) is -0.381. The monoisotopic (exact) mass is 514 g/mol. The molecule has 1 fully saturated rings. The normalized spacial score (nSPS) is 17.9. The molecule has 194 valence electrons. The zero-order chi connectivity index (χ0) is 26.3. The van der Waals surface area contributed by atoms with E-state index in [9.17, 15) is 38.5 Å². The van der Waals surface area contributed by atoms with Crippen LogP contribution in [0.2, 0.25) is 0 Å². The highest BCUT2D eigenvalue weighted by atomic mass is 32.2. The van der Waals surface area contributed by atoms with Crippen LogP contribution in [0.5, 0.6) is 0 Å². The lowest BCUT2D eigenvalue weighted by Gasteiger charge is -2.13. The second-order valence-corrected chi connectivity index (χ2v) is 9.08. The molecule has 1 rings (SSSR count). The Kier molecular flexibility index (Phi) is 13.3. The maximum atomic E-state index is 11.9. The van der Waals surface area contributed by atoms with Crippen LogP contribution in [-0.4, -0.2) is 90.7 Å². The van der Waals surface area contributed by atoms with Gasteiger partial charge in [0, 0.05) is 38.1 Å². The predicted molar refractivity (Wildman–Crippen MR) is 125 cm³/mol. The average molecular weight is 515 g/mol. The highest BCUT2D eigenvalue weighted by Crippen LogP contribution is 2.32. The number of amides is 4. The minimum atomic E-state index is -1.24. The number of nitrogens with zero attached hydrogens (tertiary/aromatic N) is 1. The van der Waals surface area contributed by atoms with Crippen LogP contribution >= 0.6 is 11.8 Å². The van der Waals surface area contributed by atoms with E-state index in [0.717, 1.165) is 11.8 Å². The largest absolute Gasteiger partial charge is 0.356 e. The van der Waals surface area contributed by atoms with Crippen molar-refractivity contribution >= 4 is 53.7 Å². The SMILES string of the molecule is NC1(CSC(C=O)CC(=O)NCCC(=O)NCCCC(N=O)C(=O)NCC(=O)NCC=O)CC1=O. The van der Waals surface area contributed by atoms with Gasteiger partial charge < -0.3 is 36.6 Å². The number of rotatable bonds is 19. The number of nitroso groups, excluding NO2 is 1. The Morgan fingerprint density at radius 2 is 1.74 bits per heavy atom. The molecular formula is C20H30N6O8S. The Hall–Kier alpha value is -3.20. The van der Waals surface area contributed by atoms with Crippen molar-refractivity contribution in [3.63, 3.8) is 0 Å². The van der Waals surface area contributed by atoms with Crippen molar-refractivity contribution in [3.05, 3.63) is 4.91 Å². The van der Waals surface area contributed by atoms with Crippen LogP contribution in [0.3, 0.4) is 0 Å². The summed E-state index contributed by atoms with van der Waals surface area (Å²) in [7, 11) is 0. The van der Waals surface area contributed by atoms with Crippen molar-refractivity contribution in [3.8, 4) is 0 Å². The van der Waals surface area contributed by atoms with Crippen LogP contribution in [-0.2, 0) is 33.6 Å². The van der Waals surface area contributed by atoms with Gasteiger partial charge in [0.25, 0.3) is 0 Å². The van der Waals surface area contributed by atoms with E-state index in [2.05, 4.69) is 26.4 Å². The lowest BCUT2D eigenvalue weighted by Crippen LogP contribution is -2.41. The van der Waals surface area contributed by atoms with Gasteiger partial charge in [-0.05, 0) is 12.8 Å². The minimum absolute atomic E-state index is 0.0171. The Morgan fingerprint density at radius 3 is 2.34 bits per heavy atom. The predicted octanol–water partition coefficient (Wildman–Crippen LogP) is -2.68. The molecule has 0 aromatic carbocycles. The molecule has 0 spiro atoms. The fourth-order valence-electron chi connectivity index (χ4n) is 2.69. The Morgan fingerprint density at radius 1 is 1.06 bits per heavy atom. The van der Waals surface area contributed by atoms with Crippen molar-refractivity contribution in [2.45, 2.75) is 48.9 Å². The van der Waals surface area contributed by atoms with Gasteiger partial charge in [-0.15, -0.1) is 16.7 Å². The summed E-state index contributed by atoms with van der Waals surface area (Å²) < 4.78 is 0. The average Bonchev–Trinajstić information content (AvgIpc) is 3.44. The van der Waals surface area contributed by atoms with Crippen molar-refractivity contribution in [1.82, 2.24) is 21.3 Å². The Bertz CT molecular complexity index is 825. The van der Waals surface area contributed by atoms with Gasteiger partial charge in [0.2, 0.25) is 23.6 Å². The number of thioether (sulfide) groups is 1. The molecule has 3 unspecified atom stereocenters. The molecule has 1 aliphatic carbocycles. The van der Waals surface area contributed by atoms with E-state index in [1.54, 1.807) is 0 Å². The number of nitrogens with two attached hydrogens (primary N) is 1. The van der Waals surface area contributed by atoms with Gasteiger partial charge in [-0.1, -0.05) is 5.18 Å². The van der Waals surface area contributed by atoms with Crippen LogP contribution in [0, 0.1) is 4.91 Å². The maximum absolute atomic E-state index is 11.9. The Balaban J connectivity index is 2.15. The molecule has 1 saturated carbocycles. The summed E-state index contributed by atoms with van der Waals surface area (Å²) in [6.07, 6.45) is 1.58. The number of hydrogen-bond acceptors (Lipinski definition) is 11. The first-order valence-electron chi connectivity index (χ1n) is 10.9. The third-order valence-electron chi connectivity index (χ3n) is 4.89. The lowest BCUT2D eigenvalue weighted by molar-refractivity contribution is -0.127. The van der Waals surface area contributed by atoms with E-state index < -0.39 is 41.1 Å². The van der Waals surface area contributed by atoms with Gasteiger partial charge >= 0.3 is 0 Å². The van der Waals surface area contributed by atoms with Crippen molar-refractivity contribution in [1.29, 1.82) is 0 Å². The topological polar surface area (TPSA) is 223 Å². The molecule has 4 amide bonds. The van der Waals surface area contributed by atoms with Gasteiger partial charge in [-0.25, -0.2) is 0 Å². The summed E-state index contributed by atoms with van der Waals surface area (Å²) in [4.78, 5) is 90.4. The first-order valence-corrected chi connectivity index (χ1v) is 11.9. The van der Waals surface area contributed by atoms with E-state index in [4.69, 9.17) is 5.73 Å². The molecule has 0 radical (unpaired) electrons. The molecule has 3 atom stereocenters. The number of ketones is 1. The molecule has 15 heteroatoms. The standard InChI is InChI=1S/C20H30N6O8S/c21-20(9-15(20)29)12-35-13(11-28)8-17(31)23-5-3-16(30)22-4-1-2-14(26-34)19(33)25-10-18(32)24-6-7-27/h7,11,13-14H,1-6,8-10,12,21H2,(H,22,30)(H,23,31)(H,24,32)(H,25,33). The molecule has 0 aromatic rings. The highest BCUT2D eigenvalue weighted by Gasteiger charge is 2.50. The molecule has 6 N–H and O–H groups in total. The van der Waals surface area contributed by atoms with E-state index in [1.807, 2.05) is 0 Å². The minimum Gasteiger partial charge on any atom is -0.356 e. The number of nitrogens with one attached hydrogen (secondary N) is 4. The summed E-state index contributed by atoms with van der Waals surface area (Å²) in [6, 6.07) is -1.24. The number of hydrogen-bond donors (Lipinski definition) is 5.